The van der Waals surface area contributed by atoms with Gasteiger partial charge in [-0.2, -0.15) is 0 Å². The second kappa shape index (κ2) is 14.7. The van der Waals surface area contributed by atoms with Crippen LogP contribution in [-0.2, 0) is 9.53 Å². The van der Waals surface area contributed by atoms with Gasteiger partial charge in [-0.3, -0.25) is 0 Å². The number of allylic oxidation sites excluding steroid dienone is 3. The summed E-state index contributed by atoms with van der Waals surface area (Å²) in [4.78, 5) is 52.4. The Balaban J connectivity index is 1.65. The molecule has 0 saturated heterocycles. The van der Waals surface area contributed by atoms with E-state index in [1.54, 1.807) is 41.5 Å². The van der Waals surface area contributed by atoms with Crippen LogP contribution >= 0.6 is 15.9 Å². The van der Waals surface area contributed by atoms with Gasteiger partial charge >= 0.3 is 23.9 Å². The molecule has 0 aliphatic heterocycles. The molecule has 3 N–H and O–H groups in total. The van der Waals surface area contributed by atoms with Crippen molar-refractivity contribution in [1.82, 2.24) is 0 Å². The van der Waals surface area contributed by atoms with Gasteiger partial charge in [0.05, 0.1) is 19.8 Å². The molecule has 1 aliphatic rings. The molecule has 1 atom stereocenters. The van der Waals surface area contributed by atoms with Gasteiger partial charge in [0.15, 0.2) is 5.75 Å². The molecule has 1 aliphatic carbocycles. The van der Waals surface area contributed by atoms with Crippen molar-refractivity contribution in [2.24, 2.45) is 0 Å². The summed E-state index contributed by atoms with van der Waals surface area (Å²) in [5, 5.41) is 32.2. The first-order valence-corrected chi connectivity index (χ1v) is 16.6. The number of halogens is 1. The Hall–Kier alpha value is -5.40. The molecule has 4 rings (SSSR count). The highest BCUT2D eigenvalue weighted by Gasteiger charge is 2.47. The van der Waals surface area contributed by atoms with Gasteiger partial charge < -0.3 is 39.0 Å². The number of aryl methyl sites for hydroxylation is 1. The Morgan fingerprint density at radius 2 is 1.21 bits per heavy atom. The van der Waals surface area contributed by atoms with E-state index in [-0.39, 0.29) is 61.1 Å². The Labute approximate surface area is 309 Å². The molecule has 0 unspecified atom stereocenters. The van der Waals surface area contributed by atoms with Crippen molar-refractivity contribution in [2.45, 2.75) is 61.0 Å². The summed E-state index contributed by atoms with van der Waals surface area (Å²) in [6.07, 6.45) is 2.91. The van der Waals surface area contributed by atoms with E-state index in [4.69, 9.17) is 23.7 Å². The number of phenolic OH excluding ortho intramolecular Hbond substituents is 1. The van der Waals surface area contributed by atoms with E-state index in [0.717, 1.165) is 0 Å². The Bertz CT molecular complexity index is 2130. The van der Waals surface area contributed by atoms with E-state index in [9.17, 15) is 34.5 Å². The van der Waals surface area contributed by atoms with Gasteiger partial charge in [-0.15, -0.1) is 0 Å². The summed E-state index contributed by atoms with van der Waals surface area (Å²) >= 11 is 3.24. The molecule has 13 heteroatoms. The van der Waals surface area contributed by atoms with Crippen molar-refractivity contribution in [3.05, 3.63) is 108 Å². The Kier molecular flexibility index (Phi) is 11.1. The third-order valence-electron chi connectivity index (χ3n) is 9.39. The highest BCUT2D eigenvalue weighted by molar-refractivity contribution is 9.10. The fraction of sp³-hybridized carbons (Fsp3) is 0.282. The Morgan fingerprint density at radius 1 is 0.692 bits per heavy atom. The smallest absolute Gasteiger partial charge is 0.356 e. The number of benzene rings is 3. The van der Waals surface area contributed by atoms with Gasteiger partial charge in [0.2, 0.25) is 5.60 Å². The second-order valence-corrected chi connectivity index (χ2v) is 13.2. The number of carbonyl (C=O) groups is 4. The van der Waals surface area contributed by atoms with Crippen LogP contribution in [0.5, 0.6) is 28.7 Å². The number of esters is 3. The molecule has 0 fully saturated rings. The lowest BCUT2D eigenvalue weighted by Crippen LogP contribution is -2.46. The Morgan fingerprint density at radius 3 is 1.75 bits per heavy atom. The first-order chi connectivity index (χ1) is 24.2. The molecule has 0 aromatic heterocycles. The number of ether oxygens (including phenoxy) is 5. The van der Waals surface area contributed by atoms with Crippen LogP contribution < -0.4 is 18.9 Å². The van der Waals surface area contributed by atoms with Crippen LogP contribution in [0.25, 0.3) is 0 Å². The summed E-state index contributed by atoms with van der Waals surface area (Å²) < 4.78 is 27.5. The van der Waals surface area contributed by atoms with E-state index >= 15 is 0 Å². The molecule has 0 spiro atoms. The highest BCUT2D eigenvalue weighted by Crippen LogP contribution is 2.44. The number of carboxylic acid groups (broad SMARTS) is 1. The molecule has 3 aromatic rings. The van der Waals surface area contributed by atoms with E-state index in [2.05, 4.69) is 22.5 Å². The summed E-state index contributed by atoms with van der Waals surface area (Å²) in [5.74, 6) is -4.48. The van der Waals surface area contributed by atoms with Crippen LogP contribution in [0, 0.1) is 48.5 Å². The maximum Gasteiger partial charge on any atom is 0.356 e. The largest absolute Gasteiger partial charge is 0.506 e. The number of methoxy groups -OCH3 is 2. The third kappa shape index (κ3) is 6.69. The number of hydrogen-bond donors (Lipinski definition) is 3. The number of aromatic hydroxyl groups is 1. The minimum absolute atomic E-state index is 0.0367. The van der Waals surface area contributed by atoms with Crippen molar-refractivity contribution in [3.63, 3.8) is 0 Å². The van der Waals surface area contributed by atoms with Gasteiger partial charge in [0.1, 0.15) is 44.4 Å². The lowest BCUT2D eigenvalue weighted by Gasteiger charge is -2.31. The molecular formula is C39H39BrO12. The number of rotatable bonds is 9. The van der Waals surface area contributed by atoms with Gasteiger partial charge in [-0.25, -0.2) is 19.2 Å². The third-order valence-corrected chi connectivity index (χ3v) is 10.1. The van der Waals surface area contributed by atoms with E-state index in [1.807, 2.05) is 0 Å². The van der Waals surface area contributed by atoms with Crippen LogP contribution in [0.2, 0.25) is 0 Å². The van der Waals surface area contributed by atoms with Crippen molar-refractivity contribution >= 4 is 39.8 Å². The van der Waals surface area contributed by atoms with E-state index in [0.29, 0.717) is 39.0 Å². The number of carbonyl (C=O) groups excluding carboxylic acids is 3. The summed E-state index contributed by atoms with van der Waals surface area (Å²) in [5.41, 5.74) is 1.04. The number of aromatic carboxylic acids is 1. The van der Waals surface area contributed by atoms with Crippen LogP contribution in [0.3, 0.4) is 0 Å². The average Bonchev–Trinajstić information content (AvgIpc) is 3.07. The SMILES string of the molecule is C=C1C=C(C)[C@](O)(C(=O)Oc2c(C)c(C)c(C(=O)Oc3cc(C)c(C(=O)Oc4cc(OC)c(C(=O)O)c(C)c4C)c(C)c3C)c(O)c2Br)C(OC)=C1. The molecule has 3 aromatic carbocycles. The van der Waals surface area contributed by atoms with Crippen LogP contribution in [-0.4, -0.2) is 59.0 Å². The summed E-state index contributed by atoms with van der Waals surface area (Å²) in [6.45, 7) is 16.6. The van der Waals surface area contributed by atoms with Crippen molar-refractivity contribution in [2.75, 3.05) is 14.2 Å². The predicted molar refractivity (Wildman–Crippen MR) is 194 cm³/mol. The van der Waals surface area contributed by atoms with Crippen molar-refractivity contribution in [1.29, 1.82) is 0 Å². The van der Waals surface area contributed by atoms with E-state index < -0.39 is 35.2 Å². The molecular weight excluding hydrogens is 740 g/mol. The minimum Gasteiger partial charge on any atom is -0.506 e. The zero-order valence-corrected chi connectivity index (χ0v) is 32.0. The number of phenols is 1. The summed E-state index contributed by atoms with van der Waals surface area (Å²) in [6, 6.07) is 2.84. The standard InChI is InChI=1S/C39H39BrO12/c1-16-12-18(3)39(47,28(13-16)49-11)38(46)52-34-24(9)23(8)31(33(41)32(34)40)37(45)50-25-14-17(2)29(21(6)19(25)4)36(44)51-26-15-27(48-10)30(35(42)43)22(7)20(26)5/h12-15,41,47H,1H2,2-11H3,(H,42,43)/t39-/m1/s1. The minimum atomic E-state index is -2.27. The van der Waals surface area contributed by atoms with Gasteiger partial charge in [0, 0.05) is 6.07 Å². The van der Waals surface area contributed by atoms with Gasteiger partial charge in [0.25, 0.3) is 0 Å². The fourth-order valence-corrected chi connectivity index (χ4v) is 6.55. The summed E-state index contributed by atoms with van der Waals surface area (Å²) in [7, 11) is 2.61. The topological polar surface area (TPSA) is 175 Å². The first kappa shape index (κ1) is 39.4. The molecule has 0 amide bonds. The average molecular weight is 780 g/mol. The van der Waals surface area contributed by atoms with Crippen molar-refractivity contribution < 1.29 is 58.2 Å². The van der Waals surface area contributed by atoms with Crippen LogP contribution in [0.4, 0.5) is 0 Å². The molecule has 274 valence electrons. The predicted octanol–water partition coefficient (Wildman–Crippen LogP) is 7.14. The quantitative estimate of drug-likeness (QED) is 0.148. The van der Waals surface area contributed by atoms with E-state index in [1.165, 1.54) is 52.4 Å². The van der Waals surface area contributed by atoms with Crippen molar-refractivity contribution in [3.8, 4) is 28.7 Å². The molecule has 0 bridgehead atoms. The maximum absolute atomic E-state index is 13.7. The fourth-order valence-electron chi connectivity index (χ4n) is 5.97. The maximum atomic E-state index is 13.7. The lowest BCUT2D eigenvalue weighted by atomic mass is 9.86. The van der Waals surface area contributed by atoms with Crippen LogP contribution in [0.1, 0.15) is 76.9 Å². The first-order valence-electron chi connectivity index (χ1n) is 15.8. The number of aliphatic hydroxyl groups is 1. The van der Waals surface area contributed by atoms with Gasteiger partial charge in [-0.05, 0) is 134 Å². The zero-order valence-electron chi connectivity index (χ0n) is 30.4. The normalized spacial score (nSPS) is 15.3. The molecule has 0 radical (unpaired) electrons. The highest BCUT2D eigenvalue weighted by atomic mass is 79.9. The zero-order chi connectivity index (χ0) is 39.1. The number of carboxylic acids is 1. The number of hydrogen-bond acceptors (Lipinski definition) is 11. The molecule has 12 nitrogen and oxygen atoms in total. The van der Waals surface area contributed by atoms with Gasteiger partial charge in [-0.1, -0.05) is 12.7 Å². The molecule has 0 heterocycles. The second-order valence-electron chi connectivity index (χ2n) is 12.4. The lowest BCUT2D eigenvalue weighted by molar-refractivity contribution is -0.151. The molecule has 0 saturated carbocycles. The van der Waals surface area contributed by atoms with Crippen LogP contribution in [0.15, 0.2) is 52.2 Å². The molecule has 52 heavy (non-hydrogen) atoms. The monoisotopic (exact) mass is 778 g/mol.